The first kappa shape index (κ1) is 27.6. The maximum absolute atomic E-state index is 12.4. The number of fused-ring (bicyclic) bond motifs is 1. The van der Waals surface area contributed by atoms with E-state index in [1.54, 1.807) is 6.20 Å². The Morgan fingerprint density at radius 3 is 2.05 bits per heavy atom. The van der Waals surface area contributed by atoms with Gasteiger partial charge in [0.25, 0.3) is 11.7 Å². The summed E-state index contributed by atoms with van der Waals surface area (Å²) in [5.41, 5.74) is 2.74. The standard InChI is InChI=1S/C21H12BrF3N2O3.C2HF3O2/c22-18-8-5-14(10-26-18)13-3-1-12(2-4-13)11-27-17-7-6-15(30-21(23,24)25)9-16(17)19(28)20(27)29;3-2(4,5)1(6)7/h1-10H,11H2;(H,6,7). The van der Waals surface area contributed by atoms with Gasteiger partial charge in [0.05, 0.1) is 17.8 Å². The van der Waals surface area contributed by atoms with Gasteiger partial charge in [-0.25, -0.2) is 9.78 Å². The van der Waals surface area contributed by atoms with Crippen molar-refractivity contribution in [3.8, 4) is 16.9 Å². The van der Waals surface area contributed by atoms with Crippen LogP contribution in [0.3, 0.4) is 0 Å². The summed E-state index contributed by atoms with van der Waals surface area (Å²) >= 11 is 3.28. The number of halogens is 7. The molecule has 7 nitrogen and oxygen atoms in total. The summed E-state index contributed by atoms with van der Waals surface area (Å²) < 4.78 is 73.5. The van der Waals surface area contributed by atoms with Crippen LogP contribution in [0.5, 0.6) is 5.75 Å². The zero-order valence-corrected chi connectivity index (χ0v) is 19.7. The van der Waals surface area contributed by atoms with Crippen LogP contribution < -0.4 is 9.64 Å². The number of benzene rings is 2. The van der Waals surface area contributed by atoms with Gasteiger partial charge in [0.2, 0.25) is 0 Å². The predicted octanol–water partition coefficient (Wildman–Crippen LogP) is 5.77. The molecule has 2 aromatic carbocycles. The Morgan fingerprint density at radius 2 is 1.54 bits per heavy atom. The van der Waals surface area contributed by atoms with Gasteiger partial charge in [0, 0.05) is 11.8 Å². The molecule has 0 unspecified atom stereocenters. The van der Waals surface area contributed by atoms with Crippen LogP contribution >= 0.6 is 15.9 Å². The predicted molar refractivity (Wildman–Crippen MR) is 120 cm³/mol. The van der Waals surface area contributed by atoms with Gasteiger partial charge < -0.3 is 14.7 Å². The van der Waals surface area contributed by atoms with Crippen LogP contribution in [0.4, 0.5) is 32.0 Å². The molecule has 4 rings (SSSR count). The number of alkyl halides is 6. The van der Waals surface area contributed by atoms with Crippen molar-refractivity contribution in [1.29, 1.82) is 0 Å². The number of carboxylic acid groups (broad SMARTS) is 1. The number of rotatable bonds is 4. The molecule has 0 radical (unpaired) electrons. The smallest absolute Gasteiger partial charge is 0.475 e. The van der Waals surface area contributed by atoms with E-state index in [4.69, 9.17) is 9.90 Å². The molecule has 1 amide bonds. The Labute approximate surface area is 212 Å². The van der Waals surface area contributed by atoms with E-state index in [9.17, 15) is 35.9 Å². The minimum Gasteiger partial charge on any atom is -0.475 e. The second-order valence-corrected chi connectivity index (χ2v) is 8.13. The van der Waals surface area contributed by atoms with Gasteiger partial charge in [0.1, 0.15) is 10.4 Å². The van der Waals surface area contributed by atoms with Gasteiger partial charge in [-0.05, 0) is 51.3 Å². The Bertz CT molecular complexity index is 1330. The van der Waals surface area contributed by atoms with Gasteiger partial charge in [-0.2, -0.15) is 13.2 Å². The number of carbonyl (C=O) groups is 3. The topological polar surface area (TPSA) is 96.8 Å². The van der Waals surface area contributed by atoms with Gasteiger partial charge in [-0.3, -0.25) is 9.59 Å². The fourth-order valence-corrected chi connectivity index (χ4v) is 3.40. The van der Waals surface area contributed by atoms with Crippen molar-refractivity contribution in [3.05, 3.63) is 76.5 Å². The van der Waals surface area contributed by atoms with Crippen LogP contribution in [-0.4, -0.2) is 40.3 Å². The highest BCUT2D eigenvalue weighted by molar-refractivity contribution is 9.10. The quantitative estimate of drug-likeness (QED) is 0.235. The summed E-state index contributed by atoms with van der Waals surface area (Å²) in [6.07, 6.45) is -8.25. The van der Waals surface area contributed by atoms with Crippen LogP contribution in [0.1, 0.15) is 15.9 Å². The molecule has 0 saturated carbocycles. The number of hydrogen-bond donors (Lipinski definition) is 1. The number of ketones is 1. The molecule has 0 atom stereocenters. The Balaban J connectivity index is 0.000000479. The maximum Gasteiger partial charge on any atom is 0.573 e. The fraction of sp³-hybridized carbons (Fsp3) is 0.130. The molecule has 0 bridgehead atoms. The minimum atomic E-state index is -5.08. The van der Waals surface area contributed by atoms with Crippen LogP contribution in [0, 0.1) is 0 Å². The molecule has 2 heterocycles. The van der Waals surface area contributed by atoms with E-state index in [0.717, 1.165) is 33.4 Å². The molecule has 1 aliphatic heterocycles. The summed E-state index contributed by atoms with van der Waals surface area (Å²) in [6.45, 7) is 0.107. The van der Waals surface area contributed by atoms with Gasteiger partial charge in [-0.15, -0.1) is 13.2 Å². The minimum absolute atomic E-state index is 0.107. The maximum atomic E-state index is 12.4. The number of carbonyl (C=O) groups excluding carboxylic acids is 2. The number of Topliss-reactive ketones (excluding diaryl/α,β-unsaturated/α-hetero) is 1. The molecule has 0 aliphatic carbocycles. The van der Waals surface area contributed by atoms with Gasteiger partial charge in [-0.1, -0.05) is 30.3 Å². The average Bonchev–Trinajstić information content (AvgIpc) is 3.03. The zero-order chi connectivity index (χ0) is 27.5. The SMILES string of the molecule is O=C(O)C(F)(F)F.O=C1C(=O)N(Cc2ccc(-c3ccc(Br)nc3)cc2)c2ccc(OC(F)(F)F)cc21. The Hall–Kier alpha value is -3.94. The van der Waals surface area contributed by atoms with Crippen LogP contribution in [0.15, 0.2) is 65.4 Å². The fourth-order valence-electron chi connectivity index (χ4n) is 3.17. The lowest BCUT2D eigenvalue weighted by Crippen LogP contribution is -2.29. The molecule has 1 aliphatic rings. The summed E-state index contributed by atoms with van der Waals surface area (Å²) in [5, 5.41) is 7.12. The number of hydrogen-bond acceptors (Lipinski definition) is 5. The lowest BCUT2D eigenvalue weighted by atomic mass is 10.1. The summed E-state index contributed by atoms with van der Waals surface area (Å²) in [6, 6.07) is 14.4. The van der Waals surface area contributed by atoms with E-state index in [1.807, 2.05) is 36.4 Å². The van der Waals surface area contributed by atoms with Gasteiger partial charge in [0.15, 0.2) is 0 Å². The van der Waals surface area contributed by atoms with E-state index < -0.39 is 35.9 Å². The van der Waals surface area contributed by atoms with Gasteiger partial charge >= 0.3 is 18.5 Å². The first-order valence-electron chi connectivity index (χ1n) is 9.92. The third-order valence-corrected chi connectivity index (χ3v) is 5.24. The van der Waals surface area contributed by atoms with Crippen molar-refractivity contribution in [1.82, 2.24) is 4.98 Å². The first-order chi connectivity index (χ1) is 17.2. The zero-order valence-electron chi connectivity index (χ0n) is 18.1. The number of pyridine rings is 1. The molecule has 14 heteroatoms. The van der Waals surface area contributed by atoms with Crippen molar-refractivity contribution >= 4 is 39.3 Å². The molecule has 194 valence electrons. The molecular formula is C23H13BrF6N2O5. The molecule has 37 heavy (non-hydrogen) atoms. The molecule has 1 aromatic heterocycles. The molecular weight excluding hydrogens is 578 g/mol. The number of carboxylic acids is 1. The van der Waals surface area contributed by atoms with Crippen molar-refractivity contribution < 1.29 is 50.6 Å². The van der Waals surface area contributed by atoms with E-state index in [0.29, 0.717) is 0 Å². The molecule has 1 N–H and O–H groups in total. The third kappa shape index (κ3) is 7.06. The summed E-state index contributed by atoms with van der Waals surface area (Å²) in [7, 11) is 0. The monoisotopic (exact) mass is 590 g/mol. The van der Waals surface area contributed by atoms with Crippen molar-refractivity contribution in [2.45, 2.75) is 19.1 Å². The highest BCUT2D eigenvalue weighted by Crippen LogP contribution is 2.35. The second kappa shape index (κ2) is 10.6. The van der Waals surface area contributed by atoms with E-state index in [2.05, 4.69) is 25.7 Å². The lowest BCUT2D eigenvalue weighted by molar-refractivity contribution is -0.274. The number of amides is 1. The van der Waals surface area contributed by atoms with Crippen LogP contribution in [-0.2, 0) is 16.1 Å². The van der Waals surface area contributed by atoms with Crippen molar-refractivity contribution in [3.63, 3.8) is 0 Å². The lowest BCUT2D eigenvalue weighted by Gasteiger charge is -2.17. The van der Waals surface area contributed by atoms with E-state index in [-0.39, 0.29) is 17.8 Å². The largest absolute Gasteiger partial charge is 0.573 e. The normalized spacial score (nSPS) is 13.1. The number of aromatic nitrogens is 1. The van der Waals surface area contributed by atoms with Crippen LogP contribution in [0.2, 0.25) is 0 Å². The second-order valence-electron chi connectivity index (χ2n) is 7.32. The average molecular weight is 591 g/mol. The number of nitrogens with zero attached hydrogens (tertiary/aromatic N) is 2. The number of aliphatic carboxylic acids is 1. The number of ether oxygens (including phenoxy) is 1. The van der Waals surface area contributed by atoms with E-state index in [1.165, 1.54) is 11.0 Å². The number of anilines is 1. The summed E-state index contributed by atoms with van der Waals surface area (Å²) in [4.78, 5) is 38.9. The highest BCUT2D eigenvalue weighted by atomic mass is 79.9. The first-order valence-corrected chi connectivity index (χ1v) is 10.7. The molecule has 0 fully saturated rings. The molecule has 0 spiro atoms. The Kier molecular flexibility index (Phi) is 7.91. The summed E-state index contributed by atoms with van der Waals surface area (Å²) in [5.74, 6) is -4.96. The van der Waals surface area contributed by atoms with E-state index >= 15 is 0 Å². The molecule has 0 saturated heterocycles. The highest BCUT2D eigenvalue weighted by Gasteiger charge is 2.39. The molecule has 3 aromatic rings. The van der Waals surface area contributed by atoms with Crippen molar-refractivity contribution in [2.75, 3.05) is 4.90 Å². The Morgan fingerprint density at radius 1 is 0.946 bits per heavy atom. The van der Waals surface area contributed by atoms with Crippen LogP contribution in [0.25, 0.3) is 11.1 Å². The van der Waals surface area contributed by atoms with Crippen molar-refractivity contribution in [2.24, 2.45) is 0 Å². The third-order valence-electron chi connectivity index (χ3n) is 4.77.